The van der Waals surface area contributed by atoms with Crippen LogP contribution in [0.4, 0.5) is 6.01 Å². The van der Waals surface area contributed by atoms with E-state index in [1.54, 1.807) is 19.5 Å². The number of oxazole rings is 1. The van der Waals surface area contributed by atoms with Gasteiger partial charge in [0.15, 0.2) is 5.58 Å². The number of fused-ring (bicyclic) bond motifs is 1. The van der Waals surface area contributed by atoms with Gasteiger partial charge in [-0.15, -0.1) is 12.4 Å². The number of halogens is 1. The fourth-order valence-corrected chi connectivity index (χ4v) is 2.93. The number of rotatable bonds is 5. The van der Waals surface area contributed by atoms with Gasteiger partial charge in [-0.25, -0.2) is 0 Å². The SMILES string of the molecule is COc1ccc2oc(N3CCNC[C@H]3COc3cccnc3)nc2c1.Cl. The zero-order valence-corrected chi connectivity index (χ0v) is 15.2. The van der Waals surface area contributed by atoms with Gasteiger partial charge in [-0.3, -0.25) is 4.98 Å². The summed E-state index contributed by atoms with van der Waals surface area (Å²) in [5.41, 5.74) is 1.54. The molecule has 2 aromatic heterocycles. The number of anilines is 1. The maximum Gasteiger partial charge on any atom is 0.298 e. The average Bonchev–Trinajstić information content (AvgIpc) is 3.10. The monoisotopic (exact) mass is 376 g/mol. The van der Waals surface area contributed by atoms with Crippen LogP contribution in [0.1, 0.15) is 0 Å². The second-order valence-electron chi connectivity index (χ2n) is 5.88. The molecule has 1 atom stereocenters. The van der Waals surface area contributed by atoms with E-state index < -0.39 is 0 Å². The normalized spacial score (nSPS) is 17.0. The topological polar surface area (TPSA) is 72.7 Å². The molecule has 0 amide bonds. The molecule has 4 rings (SSSR count). The van der Waals surface area contributed by atoms with Crippen molar-refractivity contribution in [3.8, 4) is 11.5 Å². The van der Waals surface area contributed by atoms with Crippen molar-refractivity contribution in [1.82, 2.24) is 15.3 Å². The summed E-state index contributed by atoms with van der Waals surface area (Å²) >= 11 is 0. The molecule has 0 bridgehead atoms. The van der Waals surface area contributed by atoms with Crippen molar-refractivity contribution in [3.05, 3.63) is 42.7 Å². The summed E-state index contributed by atoms with van der Waals surface area (Å²) in [5.74, 6) is 1.53. The third-order valence-corrected chi connectivity index (χ3v) is 4.26. The molecule has 1 aliphatic rings. The van der Waals surface area contributed by atoms with Gasteiger partial charge in [0.1, 0.15) is 23.6 Å². The van der Waals surface area contributed by atoms with Gasteiger partial charge in [-0.05, 0) is 24.3 Å². The zero-order valence-electron chi connectivity index (χ0n) is 14.4. The van der Waals surface area contributed by atoms with E-state index in [1.807, 2.05) is 30.3 Å². The molecule has 1 N–H and O–H groups in total. The molecule has 8 heteroatoms. The molecule has 138 valence electrons. The highest BCUT2D eigenvalue weighted by Crippen LogP contribution is 2.27. The standard InChI is InChI=1S/C18H20N4O3.ClH/c1-23-14-4-5-17-16(9-14)21-18(25-17)22-8-7-20-10-13(22)12-24-15-3-2-6-19-11-15;/h2-6,9,11,13,20H,7-8,10,12H2,1H3;1H/t13-;/m0./s1. The van der Waals surface area contributed by atoms with Crippen molar-refractivity contribution in [2.75, 3.05) is 38.3 Å². The van der Waals surface area contributed by atoms with Gasteiger partial charge in [0.2, 0.25) is 0 Å². The number of nitrogens with zero attached hydrogens (tertiary/aromatic N) is 3. The molecule has 1 aromatic carbocycles. The van der Waals surface area contributed by atoms with Crippen LogP contribution in [0.25, 0.3) is 11.1 Å². The number of nitrogens with one attached hydrogen (secondary N) is 1. The van der Waals surface area contributed by atoms with Crippen molar-refractivity contribution >= 4 is 29.5 Å². The van der Waals surface area contributed by atoms with E-state index in [1.165, 1.54) is 0 Å². The minimum absolute atomic E-state index is 0. The summed E-state index contributed by atoms with van der Waals surface area (Å²) in [6.45, 7) is 3.03. The molecule has 0 unspecified atom stereocenters. The number of aromatic nitrogens is 2. The van der Waals surface area contributed by atoms with E-state index >= 15 is 0 Å². The number of benzene rings is 1. The number of hydrogen-bond donors (Lipinski definition) is 1. The smallest absolute Gasteiger partial charge is 0.298 e. The highest BCUT2D eigenvalue weighted by atomic mass is 35.5. The van der Waals surface area contributed by atoms with Crippen LogP contribution >= 0.6 is 12.4 Å². The van der Waals surface area contributed by atoms with Gasteiger partial charge in [0.25, 0.3) is 6.01 Å². The van der Waals surface area contributed by atoms with Gasteiger partial charge >= 0.3 is 0 Å². The maximum atomic E-state index is 5.95. The molecule has 7 nitrogen and oxygen atoms in total. The van der Waals surface area contributed by atoms with Crippen LogP contribution in [0.2, 0.25) is 0 Å². The van der Waals surface area contributed by atoms with E-state index in [0.29, 0.717) is 12.6 Å². The summed E-state index contributed by atoms with van der Waals surface area (Å²) in [7, 11) is 1.64. The highest BCUT2D eigenvalue weighted by molar-refractivity contribution is 5.85. The molecule has 0 radical (unpaired) electrons. The number of ether oxygens (including phenoxy) is 2. The van der Waals surface area contributed by atoms with Gasteiger partial charge in [-0.1, -0.05) is 0 Å². The predicted molar refractivity (Wildman–Crippen MR) is 102 cm³/mol. The molecule has 0 aliphatic carbocycles. The molecule has 3 aromatic rings. The van der Waals surface area contributed by atoms with Crippen LogP contribution in [0, 0.1) is 0 Å². The van der Waals surface area contributed by atoms with Crippen molar-refractivity contribution in [2.24, 2.45) is 0 Å². The van der Waals surface area contributed by atoms with Gasteiger partial charge in [0.05, 0.1) is 19.3 Å². The number of hydrogen-bond acceptors (Lipinski definition) is 7. The molecule has 0 saturated carbocycles. The van der Waals surface area contributed by atoms with Crippen LogP contribution in [-0.2, 0) is 0 Å². The molecule has 1 aliphatic heterocycles. The van der Waals surface area contributed by atoms with E-state index in [0.717, 1.165) is 42.2 Å². The van der Waals surface area contributed by atoms with Crippen LogP contribution in [0.15, 0.2) is 47.1 Å². The summed E-state index contributed by atoms with van der Waals surface area (Å²) in [6, 6.07) is 10.1. The van der Waals surface area contributed by atoms with E-state index in [4.69, 9.17) is 13.9 Å². The zero-order chi connectivity index (χ0) is 17.1. The predicted octanol–water partition coefficient (Wildman–Crippen LogP) is 2.51. The van der Waals surface area contributed by atoms with Gasteiger partial charge < -0.3 is 24.1 Å². The van der Waals surface area contributed by atoms with Crippen LogP contribution in [-0.4, -0.2) is 49.4 Å². The Hall–Kier alpha value is -2.51. The second-order valence-corrected chi connectivity index (χ2v) is 5.88. The van der Waals surface area contributed by atoms with Crippen molar-refractivity contribution in [1.29, 1.82) is 0 Å². The first-order valence-corrected chi connectivity index (χ1v) is 8.28. The van der Waals surface area contributed by atoms with Gasteiger partial charge in [0, 0.05) is 31.9 Å². The van der Waals surface area contributed by atoms with E-state index in [-0.39, 0.29) is 18.4 Å². The minimum Gasteiger partial charge on any atom is -0.497 e. The molecule has 26 heavy (non-hydrogen) atoms. The Morgan fingerprint density at radius 1 is 1.31 bits per heavy atom. The fraction of sp³-hybridized carbons (Fsp3) is 0.333. The van der Waals surface area contributed by atoms with Crippen LogP contribution in [0.3, 0.4) is 0 Å². The lowest BCUT2D eigenvalue weighted by atomic mass is 10.2. The summed E-state index contributed by atoms with van der Waals surface area (Å²) < 4.78 is 17.1. The third kappa shape index (κ3) is 3.84. The Labute approximate surface area is 157 Å². The molecule has 1 fully saturated rings. The Balaban J connectivity index is 0.00000196. The number of piperazine rings is 1. The van der Waals surface area contributed by atoms with E-state index in [2.05, 4.69) is 20.2 Å². The van der Waals surface area contributed by atoms with Crippen molar-refractivity contribution < 1.29 is 13.9 Å². The first kappa shape index (κ1) is 18.3. The van der Waals surface area contributed by atoms with Crippen LogP contribution in [0.5, 0.6) is 11.5 Å². The largest absolute Gasteiger partial charge is 0.497 e. The Morgan fingerprint density at radius 2 is 2.23 bits per heavy atom. The lowest BCUT2D eigenvalue weighted by Crippen LogP contribution is -2.54. The Kier molecular flexibility index (Phi) is 5.80. The first-order valence-electron chi connectivity index (χ1n) is 8.28. The highest BCUT2D eigenvalue weighted by Gasteiger charge is 2.27. The maximum absolute atomic E-state index is 5.95. The number of pyridine rings is 1. The minimum atomic E-state index is 0. The third-order valence-electron chi connectivity index (χ3n) is 4.26. The Bertz CT molecular complexity index is 843. The lowest BCUT2D eigenvalue weighted by molar-refractivity contribution is 0.261. The molecule has 0 spiro atoms. The summed E-state index contributed by atoms with van der Waals surface area (Å²) in [6.07, 6.45) is 3.44. The summed E-state index contributed by atoms with van der Waals surface area (Å²) in [4.78, 5) is 10.9. The summed E-state index contributed by atoms with van der Waals surface area (Å²) in [5, 5.41) is 3.40. The average molecular weight is 377 g/mol. The van der Waals surface area contributed by atoms with E-state index in [9.17, 15) is 0 Å². The van der Waals surface area contributed by atoms with Crippen molar-refractivity contribution in [2.45, 2.75) is 6.04 Å². The quantitative estimate of drug-likeness (QED) is 0.733. The molecular weight excluding hydrogens is 356 g/mol. The second kappa shape index (κ2) is 8.25. The number of methoxy groups -OCH3 is 1. The fourth-order valence-electron chi connectivity index (χ4n) is 2.93. The first-order chi connectivity index (χ1) is 12.3. The molecular formula is C18H21ClN4O3. The van der Waals surface area contributed by atoms with Crippen LogP contribution < -0.4 is 19.7 Å². The van der Waals surface area contributed by atoms with Crippen molar-refractivity contribution in [3.63, 3.8) is 0 Å². The Morgan fingerprint density at radius 3 is 3.04 bits per heavy atom. The lowest BCUT2D eigenvalue weighted by Gasteiger charge is -2.34. The molecule has 1 saturated heterocycles. The van der Waals surface area contributed by atoms with Gasteiger partial charge in [-0.2, -0.15) is 4.98 Å². The molecule has 3 heterocycles.